The lowest BCUT2D eigenvalue weighted by Crippen LogP contribution is -2.37. The van der Waals surface area contributed by atoms with Crippen LogP contribution in [0.2, 0.25) is 0 Å². The van der Waals surface area contributed by atoms with E-state index in [2.05, 4.69) is 0 Å². The fraction of sp³-hybridized carbons (Fsp3) is 0.600. The fourth-order valence-electron chi connectivity index (χ4n) is 2.52. The fourth-order valence-corrected chi connectivity index (χ4v) is 2.52. The molecule has 0 radical (unpaired) electrons. The number of carbonyl (C=O) groups excluding carboxylic acids is 2. The van der Waals surface area contributed by atoms with Crippen LogP contribution in [0, 0.1) is 11.3 Å². The minimum absolute atomic E-state index is 0.158. The van der Waals surface area contributed by atoms with Gasteiger partial charge in [0, 0.05) is 5.92 Å². The highest BCUT2D eigenvalue weighted by Gasteiger charge is 2.47. The van der Waals surface area contributed by atoms with Crippen molar-refractivity contribution in [2.75, 3.05) is 14.2 Å². The topological polar surface area (TPSA) is 52.6 Å². The van der Waals surface area contributed by atoms with E-state index < -0.39 is 5.41 Å². The monoisotopic (exact) mass is 266 g/mol. The highest BCUT2D eigenvalue weighted by atomic mass is 16.5. The maximum absolute atomic E-state index is 12.2. The van der Waals surface area contributed by atoms with Gasteiger partial charge in [0.15, 0.2) is 0 Å². The van der Waals surface area contributed by atoms with Gasteiger partial charge in [0.25, 0.3) is 0 Å². The molecule has 1 aliphatic rings. The second-order valence-corrected chi connectivity index (χ2v) is 4.75. The molecule has 0 saturated heterocycles. The average Bonchev–Trinajstić information content (AvgIpc) is 2.82. The van der Waals surface area contributed by atoms with Gasteiger partial charge in [0.1, 0.15) is 0 Å². The number of hydrogen-bond donors (Lipinski definition) is 0. The predicted octanol–water partition coefficient (Wildman–Crippen LogP) is 2.64. The van der Waals surface area contributed by atoms with Gasteiger partial charge in [-0.2, -0.15) is 0 Å². The third-order valence-electron chi connectivity index (χ3n) is 3.65. The molecule has 0 saturated carbocycles. The van der Waals surface area contributed by atoms with Gasteiger partial charge in [0.05, 0.1) is 26.1 Å². The number of rotatable bonds is 6. The maximum Gasteiger partial charge on any atom is 0.313 e. The minimum Gasteiger partial charge on any atom is -0.469 e. The molecular formula is C15H22O4. The average molecular weight is 266 g/mol. The van der Waals surface area contributed by atoms with Crippen molar-refractivity contribution < 1.29 is 19.1 Å². The standard InChI is InChI=1S/C15H22O4/c1-4-5-6-9-15(14(17)19-3)10-7-8-12(15)11-13(16)18-2/h5-8,12H,4,9-11H2,1-3H3/b6-5-. The van der Waals surface area contributed by atoms with E-state index in [4.69, 9.17) is 9.47 Å². The Hall–Kier alpha value is -1.58. The van der Waals surface area contributed by atoms with Gasteiger partial charge < -0.3 is 9.47 Å². The van der Waals surface area contributed by atoms with Gasteiger partial charge in [-0.15, -0.1) is 0 Å². The Bertz CT molecular complexity index is 384. The molecule has 2 unspecified atom stereocenters. The molecule has 0 N–H and O–H groups in total. The van der Waals surface area contributed by atoms with Gasteiger partial charge in [-0.3, -0.25) is 9.59 Å². The lowest BCUT2D eigenvalue weighted by Gasteiger charge is -2.31. The Kier molecular flexibility index (Phi) is 5.80. The molecule has 0 aromatic heterocycles. The first-order chi connectivity index (χ1) is 9.10. The highest BCUT2D eigenvalue weighted by molar-refractivity contribution is 5.80. The Balaban J connectivity index is 2.91. The molecule has 0 fully saturated rings. The minimum atomic E-state index is -0.658. The van der Waals surface area contributed by atoms with Crippen molar-refractivity contribution in [2.24, 2.45) is 11.3 Å². The van der Waals surface area contributed by atoms with Crippen LogP contribution < -0.4 is 0 Å². The smallest absolute Gasteiger partial charge is 0.313 e. The van der Waals surface area contributed by atoms with Crippen molar-refractivity contribution in [1.82, 2.24) is 0 Å². The summed E-state index contributed by atoms with van der Waals surface area (Å²) in [5, 5.41) is 0. The van der Waals surface area contributed by atoms with E-state index in [1.807, 2.05) is 31.2 Å². The van der Waals surface area contributed by atoms with E-state index in [1.165, 1.54) is 14.2 Å². The molecule has 4 nitrogen and oxygen atoms in total. The number of allylic oxidation sites excluding steroid dienone is 4. The molecule has 0 aliphatic heterocycles. The summed E-state index contributed by atoms with van der Waals surface area (Å²) in [6.45, 7) is 2.04. The molecule has 1 rings (SSSR count). The van der Waals surface area contributed by atoms with Crippen molar-refractivity contribution in [3.05, 3.63) is 24.3 Å². The number of esters is 2. The molecule has 2 atom stereocenters. The first-order valence-electron chi connectivity index (χ1n) is 6.57. The number of ether oxygens (including phenoxy) is 2. The zero-order valence-electron chi connectivity index (χ0n) is 11.8. The summed E-state index contributed by atoms with van der Waals surface area (Å²) in [6.07, 6.45) is 10.2. The number of hydrogen-bond acceptors (Lipinski definition) is 4. The van der Waals surface area contributed by atoms with Crippen LogP contribution in [0.5, 0.6) is 0 Å². The van der Waals surface area contributed by atoms with Gasteiger partial charge in [-0.25, -0.2) is 0 Å². The third kappa shape index (κ3) is 3.46. The van der Waals surface area contributed by atoms with Gasteiger partial charge in [-0.1, -0.05) is 31.2 Å². The zero-order valence-corrected chi connectivity index (χ0v) is 11.8. The molecule has 0 amide bonds. The van der Waals surface area contributed by atoms with Crippen LogP contribution in [0.1, 0.15) is 32.6 Å². The molecule has 0 spiro atoms. The number of methoxy groups -OCH3 is 2. The molecule has 0 aromatic rings. The maximum atomic E-state index is 12.2. The normalized spacial score (nSPS) is 25.7. The first-order valence-corrected chi connectivity index (χ1v) is 6.57. The van der Waals surface area contributed by atoms with Crippen LogP contribution in [0.4, 0.5) is 0 Å². The van der Waals surface area contributed by atoms with Crippen LogP contribution in [0.15, 0.2) is 24.3 Å². The van der Waals surface area contributed by atoms with Crippen molar-refractivity contribution >= 4 is 11.9 Å². The number of carbonyl (C=O) groups is 2. The summed E-state index contributed by atoms with van der Waals surface area (Å²) < 4.78 is 9.65. The zero-order chi connectivity index (χ0) is 14.3. The molecule has 1 aliphatic carbocycles. The van der Waals surface area contributed by atoms with Gasteiger partial charge >= 0.3 is 11.9 Å². The Morgan fingerprint density at radius 2 is 2.05 bits per heavy atom. The van der Waals surface area contributed by atoms with Crippen molar-refractivity contribution in [2.45, 2.75) is 32.6 Å². The second kappa shape index (κ2) is 7.12. The van der Waals surface area contributed by atoms with Crippen molar-refractivity contribution in [1.29, 1.82) is 0 Å². The molecule has 106 valence electrons. The summed E-state index contributed by atoms with van der Waals surface area (Å²) >= 11 is 0. The molecular weight excluding hydrogens is 244 g/mol. The van der Waals surface area contributed by atoms with E-state index in [9.17, 15) is 9.59 Å². The quantitative estimate of drug-likeness (QED) is 0.548. The van der Waals surface area contributed by atoms with Crippen LogP contribution in [0.25, 0.3) is 0 Å². The van der Waals surface area contributed by atoms with E-state index in [-0.39, 0.29) is 24.3 Å². The van der Waals surface area contributed by atoms with E-state index in [0.717, 1.165) is 6.42 Å². The van der Waals surface area contributed by atoms with Crippen LogP contribution >= 0.6 is 0 Å². The van der Waals surface area contributed by atoms with Crippen LogP contribution in [0.3, 0.4) is 0 Å². The summed E-state index contributed by atoms with van der Waals surface area (Å²) in [5.74, 6) is -0.717. The van der Waals surface area contributed by atoms with Crippen LogP contribution in [-0.4, -0.2) is 26.2 Å². The van der Waals surface area contributed by atoms with E-state index in [0.29, 0.717) is 12.8 Å². The molecule has 0 aromatic carbocycles. The summed E-state index contributed by atoms with van der Waals surface area (Å²) in [4.78, 5) is 23.6. The van der Waals surface area contributed by atoms with E-state index >= 15 is 0 Å². The lowest BCUT2D eigenvalue weighted by atomic mass is 9.73. The van der Waals surface area contributed by atoms with Gasteiger partial charge in [0.2, 0.25) is 0 Å². The highest BCUT2D eigenvalue weighted by Crippen LogP contribution is 2.45. The molecule has 0 bridgehead atoms. The van der Waals surface area contributed by atoms with E-state index in [1.54, 1.807) is 0 Å². The second-order valence-electron chi connectivity index (χ2n) is 4.75. The molecule has 0 heterocycles. The summed E-state index contributed by atoms with van der Waals surface area (Å²) in [5.41, 5.74) is -0.658. The molecule has 19 heavy (non-hydrogen) atoms. The first kappa shape index (κ1) is 15.5. The largest absolute Gasteiger partial charge is 0.469 e. The van der Waals surface area contributed by atoms with Crippen LogP contribution in [-0.2, 0) is 19.1 Å². The Labute approximate surface area is 114 Å². The van der Waals surface area contributed by atoms with Crippen molar-refractivity contribution in [3.8, 4) is 0 Å². The summed E-state index contributed by atoms with van der Waals surface area (Å²) in [6, 6.07) is 0. The lowest BCUT2D eigenvalue weighted by molar-refractivity contribution is -0.156. The Morgan fingerprint density at radius 1 is 1.32 bits per heavy atom. The molecule has 4 heteroatoms. The Morgan fingerprint density at radius 3 is 2.63 bits per heavy atom. The van der Waals surface area contributed by atoms with Gasteiger partial charge in [-0.05, 0) is 19.3 Å². The van der Waals surface area contributed by atoms with Crippen molar-refractivity contribution in [3.63, 3.8) is 0 Å². The SMILES string of the molecule is CC/C=C\CC1(C(=O)OC)CC=CC1CC(=O)OC. The summed E-state index contributed by atoms with van der Waals surface area (Å²) in [7, 11) is 2.75. The predicted molar refractivity (Wildman–Crippen MR) is 72.4 cm³/mol. The third-order valence-corrected chi connectivity index (χ3v) is 3.65.